The number of hydrogen-bond acceptors (Lipinski definition) is 4. The van der Waals surface area contributed by atoms with Crippen molar-refractivity contribution in [1.29, 1.82) is 0 Å². The lowest BCUT2D eigenvalue weighted by Crippen LogP contribution is -2.41. The third kappa shape index (κ3) is 4.47. The van der Waals surface area contributed by atoms with E-state index in [0.29, 0.717) is 17.1 Å². The van der Waals surface area contributed by atoms with Gasteiger partial charge in [-0.25, -0.2) is 0 Å². The summed E-state index contributed by atoms with van der Waals surface area (Å²) in [6, 6.07) is 5.04. The van der Waals surface area contributed by atoms with Gasteiger partial charge >= 0.3 is 0 Å². The molecule has 1 aliphatic rings. The molecular weight excluding hydrogens is 294 g/mol. The molecule has 126 valence electrons. The van der Waals surface area contributed by atoms with E-state index in [4.69, 9.17) is 9.47 Å². The highest BCUT2D eigenvalue weighted by atomic mass is 16.5. The summed E-state index contributed by atoms with van der Waals surface area (Å²) in [6.07, 6.45) is 3.79. The Morgan fingerprint density at radius 1 is 1.13 bits per heavy atom. The second-order valence-electron chi connectivity index (χ2n) is 5.92. The molecule has 0 spiro atoms. The number of nitrogens with zero attached hydrogens (tertiary/aromatic N) is 1. The molecule has 0 aromatic heterocycles. The van der Waals surface area contributed by atoms with Gasteiger partial charge in [0.15, 0.2) is 11.9 Å². The Hall–Kier alpha value is -2.04. The van der Waals surface area contributed by atoms with Crippen LogP contribution in [-0.2, 0) is 4.79 Å². The summed E-state index contributed by atoms with van der Waals surface area (Å²) in [5, 5.41) is 0. The molecule has 0 unspecified atom stereocenters. The van der Waals surface area contributed by atoms with Gasteiger partial charge in [0.1, 0.15) is 11.5 Å². The van der Waals surface area contributed by atoms with E-state index in [1.54, 1.807) is 32.2 Å². The van der Waals surface area contributed by atoms with Crippen molar-refractivity contribution >= 4 is 11.7 Å². The molecule has 2 rings (SSSR count). The second kappa shape index (κ2) is 7.99. The van der Waals surface area contributed by atoms with Crippen molar-refractivity contribution in [2.24, 2.45) is 0 Å². The van der Waals surface area contributed by atoms with Crippen LogP contribution < -0.4 is 9.47 Å². The molecule has 23 heavy (non-hydrogen) atoms. The van der Waals surface area contributed by atoms with Crippen LogP contribution in [0, 0.1) is 0 Å². The Balaban J connectivity index is 2.13. The first-order chi connectivity index (χ1) is 11.0. The largest absolute Gasteiger partial charge is 0.497 e. The molecule has 1 amide bonds. The minimum absolute atomic E-state index is 0.0239. The average Bonchev–Trinajstić information content (AvgIpc) is 2.82. The summed E-state index contributed by atoms with van der Waals surface area (Å²) in [7, 11) is 1.55. The Morgan fingerprint density at radius 2 is 1.78 bits per heavy atom. The molecule has 1 saturated heterocycles. The molecule has 0 radical (unpaired) electrons. The van der Waals surface area contributed by atoms with Gasteiger partial charge in [0.05, 0.1) is 12.7 Å². The Labute approximate surface area is 137 Å². The number of Topliss-reactive ketones (excluding diaryl/α,β-unsaturated/α-hetero) is 1. The van der Waals surface area contributed by atoms with Crippen LogP contribution in [0.2, 0.25) is 0 Å². The Kier molecular flexibility index (Phi) is 6.02. The van der Waals surface area contributed by atoms with Crippen LogP contribution in [0.1, 0.15) is 49.9 Å². The zero-order valence-corrected chi connectivity index (χ0v) is 14.1. The van der Waals surface area contributed by atoms with Crippen molar-refractivity contribution in [2.45, 2.75) is 45.6 Å². The van der Waals surface area contributed by atoms with Crippen LogP contribution in [0.4, 0.5) is 0 Å². The number of hydrogen-bond donors (Lipinski definition) is 0. The smallest absolute Gasteiger partial charge is 0.263 e. The molecule has 5 heteroatoms. The van der Waals surface area contributed by atoms with Crippen molar-refractivity contribution in [2.75, 3.05) is 20.2 Å². The van der Waals surface area contributed by atoms with Crippen molar-refractivity contribution in [3.8, 4) is 11.5 Å². The molecular formula is C18H25NO4. The first-order valence-corrected chi connectivity index (χ1v) is 8.17. The fraction of sp³-hybridized carbons (Fsp3) is 0.556. The van der Waals surface area contributed by atoms with Crippen molar-refractivity contribution in [3.05, 3.63) is 23.8 Å². The number of likely N-dealkylation sites (tertiary alicyclic amines) is 1. The van der Waals surface area contributed by atoms with Crippen molar-refractivity contribution < 1.29 is 19.1 Å². The van der Waals surface area contributed by atoms with Gasteiger partial charge in [0, 0.05) is 19.2 Å². The predicted octanol–water partition coefficient (Wildman–Crippen LogP) is 3.07. The summed E-state index contributed by atoms with van der Waals surface area (Å²) in [6.45, 7) is 4.78. The third-order valence-corrected chi connectivity index (χ3v) is 4.14. The number of ketones is 1. The molecule has 5 nitrogen and oxygen atoms in total. The number of ether oxygens (including phenoxy) is 2. The number of rotatable bonds is 5. The summed E-state index contributed by atoms with van der Waals surface area (Å²) >= 11 is 0. The summed E-state index contributed by atoms with van der Waals surface area (Å²) in [5.41, 5.74) is 0.460. The van der Waals surface area contributed by atoms with Gasteiger partial charge < -0.3 is 14.4 Å². The second-order valence-corrected chi connectivity index (χ2v) is 5.92. The number of carbonyl (C=O) groups is 2. The van der Waals surface area contributed by atoms with Gasteiger partial charge in [-0.3, -0.25) is 9.59 Å². The zero-order chi connectivity index (χ0) is 16.8. The van der Waals surface area contributed by atoms with Crippen molar-refractivity contribution in [3.63, 3.8) is 0 Å². The van der Waals surface area contributed by atoms with E-state index in [-0.39, 0.29) is 11.7 Å². The van der Waals surface area contributed by atoms with Gasteiger partial charge in [-0.1, -0.05) is 12.8 Å². The van der Waals surface area contributed by atoms with E-state index in [1.165, 1.54) is 19.8 Å². The molecule has 0 N–H and O–H groups in total. The van der Waals surface area contributed by atoms with Crippen LogP contribution in [0.3, 0.4) is 0 Å². The average molecular weight is 319 g/mol. The minimum atomic E-state index is -0.627. The first kappa shape index (κ1) is 17.3. The fourth-order valence-corrected chi connectivity index (χ4v) is 2.81. The fourth-order valence-electron chi connectivity index (χ4n) is 2.81. The van der Waals surface area contributed by atoms with Crippen LogP contribution in [0.25, 0.3) is 0 Å². The molecule has 0 saturated carbocycles. The van der Waals surface area contributed by atoms with E-state index in [2.05, 4.69) is 0 Å². The van der Waals surface area contributed by atoms with Crippen LogP contribution in [0.5, 0.6) is 11.5 Å². The maximum Gasteiger partial charge on any atom is 0.263 e. The SMILES string of the molecule is COc1ccc(C(C)=O)c(O[C@H](C)C(=O)N2CCCCCC2)c1. The van der Waals surface area contributed by atoms with E-state index in [1.807, 2.05) is 4.90 Å². The number of methoxy groups -OCH3 is 1. The monoisotopic (exact) mass is 319 g/mol. The third-order valence-electron chi connectivity index (χ3n) is 4.14. The van der Waals surface area contributed by atoms with E-state index in [9.17, 15) is 9.59 Å². The quantitative estimate of drug-likeness (QED) is 0.783. The summed E-state index contributed by atoms with van der Waals surface area (Å²) in [4.78, 5) is 26.2. The number of benzene rings is 1. The topological polar surface area (TPSA) is 55.8 Å². The maximum absolute atomic E-state index is 12.6. The summed E-state index contributed by atoms with van der Waals surface area (Å²) in [5.74, 6) is 0.869. The molecule has 1 atom stereocenters. The highest BCUT2D eigenvalue weighted by Crippen LogP contribution is 2.26. The predicted molar refractivity (Wildman–Crippen MR) is 88.1 cm³/mol. The lowest BCUT2D eigenvalue weighted by atomic mass is 10.1. The molecule has 1 fully saturated rings. The van der Waals surface area contributed by atoms with Crippen LogP contribution in [-0.4, -0.2) is 42.9 Å². The number of amides is 1. The highest BCUT2D eigenvalue weighted by molar-refractivity contribution is 5.97. The van der Waals surface area contributed by atoms with E-state index >= 15 is 0 Å². The van der Waals surface area contributed by atoms with Gasteiger partial charge in [-0.15, -0.1) is 0 Å². The molecule has 1 aromatic rings. The van der Waals surface area contributed by atoms with Gasteiger partial charge in [0.2, 0.25) is 0 Å². The Bertz CT molecular complexity index is 562. The molecule has 1 aliphatic heterocycles. The molecule has 1 heterocycles. The zero-order valence-electron chi connectivity index (χ0n) is 14.1. The first-order valence-electron chi connectivity index (χ1n) is 8.17. The van der Waals surface area contributed by atoms with E-state index in [0.717, 1.165) is 25.9 Å². The molecule has 1 aromatic carbocycles. The highest BCUT2D eigenvalue weighted by Gasteiger charge is 2.24. The lowest BCUT2D eigenvalue weighted by molar-refractivity contribution is -0.137. The van der Waals surface area contributed by atoms with E-state index < -0.39 is 6.10 Å². The van der Waals surface area contributed by atoms with Gasteiger partial charge in [0.25, 0.3) is 5.91 Å². The van der Waals surface area contributed by atoms with Gasteiger partial charge in [-0.2, -0.15) is 0 Å². The normalized spacial score (nSPS) is 16.4. The van der Waals surface area contributed by atoms with Gasteiger partial charge in [-0.05, 0) is 38.8 Å². The van der Waals surface area contributed by atoms with Crippen LogP contribution >= 0.6 is 0 Å². The van der Waals surface area contributed by atoms with Crippen molar-refractivity contribution in [1.82, 2.24) is 4.90 Å². The van der Waals surface area contributed by atoms with Crippen LogP contribution in [0.15, 0.2) is 18.2 Å². The number of carbonyl (C=O) groups excluding carboxylic acids is 2. The summed E-state index contributed by atoms with van der Waals surface area (Å²) < 4.78 is 11.0. The molecule has 0 bridgehead atoms. The maximum atomic E-state index is 12.6. The Morgan fingerprint density at radius 3 is 2.35 bits per heavy atom. The standard InChI is InChI=1S/C18H25NO4/c1-13(20)16-9-8-15(22-3)12-17(16)23-14(2)18(21)19-10-6-4-5-7-11-19/h8-9,12,14H,4-7,10-11H2,1-3H3/t14-/m1/s1. The lowest BCUT2D eigenvalue weighted by Gasteiger charge is -2.25. The minimum Gasteiger partial charge on any atom is -0.497 e. The molecule has 0 aliphatic carbocycles.